The van der Waals surface area contributed by atoms with Crippen molar-refractivity contribution in [2.45, 2.75) is 6.92 Å². The van der Waals surface area contributed by atoms with Gasteiger partial charge in [0.15, 0.2) is 16.6 Å². The zero-order chi connectivity index (χ0) is 10.1. The number of aromatic hydroxyl groups is 1. The monoisotopic (exact) mass is 212 g/mol. The van der Waals surface area contributed by atoms with Crippen LogP contribution in [0.1, 0.15) is 6.92 Å². The summed E-state index contributed by atoms with van der Waals surface area (Å²) in [6.45, 7) is 2.27. The van der Waals surface area contributed by atoms with Crippen LogP contribution < -0.4 is 4.74 Å². The standard InChI is InChI=1S/C10H9FO2S/c1-2-13-10-6-5-9(11)14-8(6)4-3-7(10)12/h3-5,12H,2H2,1H3. The van der Waals surface area contributed by atoms with Gasteiger partial charge in [-0.3, -0.25) is 0 Å². The summed E-state index contributed by atoms with van der Waals surface area (Å²) >= 11 is 1.04. The topological polar surface area (TPSA) is 29.5 Å². The second kappa shape index (κ2) is 3.46. The summed E-state index contributed by atoms with van der Waals surface area (Å²) < 4.78 is 19.0. The number of hydrogen-bond donors (Lipinski definition) is 1. The highest BCUT2D eigenvalue weighted by Crippen LogP contribution is 2.38. The molecule has 0 atom stereocenters. The Balaban J connectivity index is 2.68. The molecule has 4 heteroatoms. The summed E-state index contributed by atoms with van der Waals surface area (Å²) in [6, 6.07) is 4.58. The molecule has 1 aromatic heterocycles. The van der Waals surface area contributed by atoms with Crippen LogP contribution in [0.5, 0.6) is 11.5 Å². The van der Waals surface area contributed by atoms with Gasteiger partial charge in [-0.05, 0) is 25.1 Å². The molecule has 1 N–H and O–H groups in total. The molecule has 1 aromatic carbocycles. The molecule has 0 bridgehead atoms. The molecule has 0 aliphatic heterocycles. The van der Waals surface area contributed by atoms with Gasteiger partial charge in [0.05, 0.1) is 6.61 Å². The Hall–Kier alpha value is -1.29. The molecule has 2 aromatic rings. The largest absolute Gasteiger partial charge is 0.504 e. The second-order valence-corrected chi connectivity index (χ2v) is 3.84. The number of phenolic OH excluding ortho intramolecular Hbond substituents is 1. The highest BCUT2D eigenvalue weighted by Gasteiger charge is 2.10. The lowest BCUT2D eigenvalue weighted by Crippen LogP contribution is -1.91. The lowest BCUT2D eigenvalue weighted by Gasteiger charge is -2.06. The van der Waals surface area contributed by atoms with Crippen molar-refractivity contribution in [3.05, 3.63) is 23.3 Å². The van der Waals surface area contributed by atoms with E-state index in [0.717, 1.165) is 16.0 Å². The van der Waals surface area contributed by atoms with E-state index in [-0.39, 0.29) is 10.9 Å². The molecule has 0 aliphatic carbocycles. The number of hydrogen-bond acceptors (Lipinski definition) is 3. The molecule has 1 heterocycles. The van der Waals surface area contributed by atoms with Gasteiger partial charge in [-0.15, -0.1) is 11.3 Å². The number of fused-ring (bicyclic) bond motifs is 1. The van der Waals surface area contributed by atoms with E-state index >= 15 is 0 Å². The molecule has 0 saturated heterocycles. The number of thiophene rings is 1. The molecule has 14 heavy (non-hydrogen) atoms. The van der Waals surface area contributed by atoms with Crippen molar-refractivity contribution in [1.82, 2.24) is 0 Å². The van der Waals surface area contributed by atoms with Gasteiger partial charge >= 0.3 is 0 Å². The summed E-state index contributed by atoms with van der Waals surface area (Å²) in [5, 5.41) is 9.87. The predicted octanol–water partition coefficient (Wildman–Crippen LogP) is 3.14. The van der Waals surface area contributed by atoms with Crippen LogP contribution in [-0.4, -0.2) is 11.7 Å². The summed E-state index contributed by atoms with van der Waals surface area (Å²) in [7, 11) is 0. The van der Waals surface area contributed by atoms with Crippen molar-refractivity contribution in [2.24, 2.45) is 0 Å². The van der Waals surface area contributed by atoms with Gasteiger partial charge in [0.25, 0.3) is 0 Å². The van der Waals surface area contributed by atoms with Crippen molar-refractivity contribution in [3.8, 4) is 11.5 Å². The fourth-order valence-corrected chi connectivity index (χ4v) is 2.12. The predicted molar refractivity (Wildman–Crippen MR) is 54.6 cm³/mol. The fraction of sp³-hybridized carbons (Fsp3) is 0.200. The Labute approximate surface area is 84.6 Å². The fourth-order valence-electron chi connectivity index (χ4n) is 1.34. The van der Waals surface area contributed by atoms with E-state index in [2.05, 4.69) is 0 Å². The number of halogens is 1. The number of benzene rings is 1. The van der Waals surface area contributed by atoms with E-state index in [1.165, 1.54) is 12.1 Å². The molecular weight excluding hydrogens is 203 g/mol. The highest BCUT2D eigenvalue weighted by atomic mass is 32.1. The van der Waals surface area contributed by atoms with Crippen molar-refractivity contribution < 1.29 is 14.2 Å². The van der Waals surface area contributed by atoms with E-state index < -0.39 is 0 Å². The maximum absolute atomic E-state index is 13.0. The Morgan fingerprint density at radius 1 is 1.50 bits per heavy atom. The van der Waals surface area contributed by atoms with Crippen LogP contribution in [0.15, 0.2) is 18.2 Å². The van der Waals surface area contributed by atoms with Crippen LogP contribution in [0.25, 0.3) is 10.1 Å². The normalized spacial score (nSPS) is 10.7. The van der Waals surface area contributed by atoms with Crippen LogP contribution in [0.2, 0.25) is 0 Å². The molecule has 0 unspecified atom stereocenters. The van der Waals surface area contributed by atoms with E-state index in [9.17, 15) is 9.50 Å². The molecule has 0 aliphatic rings. The summed E-state index contributed by atoms with van der Waals surface area (Å²) in [4.78, 5) is 0. The molecule has 0 amide bonds. The zero-order valence-electron chi connectivity index (χ0n) is 7.58. The first-order valence-corrected chi connectivity index (χ1v) is 5.08. The van der Waals surface area contributed by atoms with Crippen molar-refractivity contribution >= 4 is 21.4 Å². The Kier molecular flexibility index (Phi) is 2.29. The van der Waals surface area contributed by atoms with Gasteiger partial charge in [0.2, 0.25) is 0 Å². The first-order valence-electron chi connectivity index (χ1n) is 4.26. The van der Waals surface area contributed by atoms with Gasteiger partial charge in [0.1, 0.15) is 0 Å². The van der Waals surface area contributed by atoms with E-state index in [1.807, 2.05) is 6.92 Å². The Morgan fingerprint density at radius 2 is 2.29 bits per heavy atom. The number of rotatable bonds is 2. The van der Waals surface area contributed by atoms with Crippen molar-refractivity contribution in [1.29, 1.82) is 0 Å². The average molecular weight is 212 g/mol. The number of phenols is 1. The first kappa shape index (κ1) is 9.27. The SMILES string of the molecule is CCOc1c(O)ccc2sc(F)cc12. The molecule has 0 fully saturated rings. The van der Waals surface area contributed by atoms with Crippen LogP contribution in [0.3, 0.4) is 0 Å². The maximum Gasteiger partial charge on any atom is 0.177 e. The molecule has 0 spiro atoms. The maximum atomic E-state index is 13.0. The third kappa shape index (κ3) is 1.42. The van der Waals surface area contributed by atoms with Gasteiger partial charge < -0.3 is 9.84 Å². The minimum absolute atomic E-state index is 0.0529. The molecule has 0 radical (unpaired) electrons. The van der Waals surface area contributed by atoms with Gasteiger partial charge in [-0.2, -0.15) is 4.39 Å². The van der Waals surface area contributed by atoms with Crippen LogP contribution in [-0.2, 0) is 0 Å². The van der Waals surface area contributed by atoms with Crippen LogP contribution in [0, 0.1) is 5.13 Å². The molecule has 0 saturated carbocycles. The lowest BCUT2D eigenvalue weighted by atomic mass is 10.2. The number of ether oxygens (including phenoxy) is 1. The lowest BCUT2D eigenvalue weighted by molar-refractivity contribution is 0.322. The quantitative estimate of drug-likeness (QED) is 0.828. The van der Waals surface area contributed by atoms with Gasteiger partial charge in [-0.1, -0.05) is 0 Å². The van der Waals surface area contributed by atoms with E-state index in [4.69, 9.17) is 4.74 Å². The van der Waals surface area contributed by atoms with E-state index in [0.29, 0.717) is 17.7 Å². The summed E-state index contributed by atoms with van der Waals surface area (Å²) in [5.74, 6) is 0.419. The highest BCUT2D eigenvalue weighted by molar-refractivity contribution is 7.17. The molecular formula is C10H9FO2S. The smallest absolute Gasteiger partial charge is 0.177 e. The van der Waals surface area contributed by atoms with Gasteiger partial charge in [0, 0.05) is 10.1 Å². The van der Waals surface area contributed by atoms with Crippen LogP contribution in [0.4, 0.5) is 4.39 Å². The minimum Gasteiger partial charge on any atom is -0.504 e. The van der Waals surface area contributed by atoms with Crippen molar-refractivity contribution in [2.75, 3.05) is 6.61 Å². The summed E-state index contributed by atoms with van der Waals surface area (Å²) in [5.41, 5.74) is 0. The van der Waals surface area contributed by atoms with Crippen molar-refractivity contribution in [3.63, 3.8) is 0 Å². The third-order valence-corrected chi connectivity index (χ3v) is 2.78. The van der Waals surface area contributed by atoms with Crippen LogP contribution >= 0.6 is 11.3 Å². The third-order valence-electron chi connectivity index (χ3n) is 1.89. The zero-order valence-corrected chi connectivity index (χ0v) is 8.40. The second-order valence-electron chi connectivity index (χ2n) is 2.81. The Bertz CT molecular complexity index is 464. The Morgan fingerprint density at radius 3 is 3.00 bits per heavy atom. The summed E-state index contributed by atoms with van der Waals surface area (Å²) in [6.07, 6.45) is 0. The van der Waals surface area contributed by atoms with Gasteiger partial charge in [-0.25, -0.2) is 0 Å². The first-order chi connectivity index (χ1) is 6.72. The molecule has 2 rings (SSSR count). The molecule has 2 nitrogen and oxygen atoms in total. The average Bonchev–Trinajstić information content (AvgIpc) is 2.51. The molecule has 74 valence electrons. The minimum atomic E-state index is -0.272. The van der Waals surface area contributed by atoms with E-state index in [1.54, 1.807) is 6.07 Å².